The average molecular weight is 544 g/mol. The number of hydrogen-bond acceptors (Lipinski definition) is 3. The summed E-state index contributed by atoms with van der Waals surface area (Å²) in [6.07, 6.45) is 11.8. The lowest BCUT2D eigenvalue weighted by Gasteiger charge is -2.26. The first-order valence-electron chi connectivity index (χ1n) is 14.1. The van der Waals surface area contributed by atoms with Gasteiger partial charge in [0.15, 0.2) is 5.71 Å². The van der Waals surface area contributed by atoms with Crippen LogP contribution in [0.2, 0.25) is 0 Å². The van der Waals surface area contributed by atoms with E-state index in [-0.39, 0.29) is 10.8 Å². The van der Waals surface area contributed by atoms with Crippen molar-refractivity contribution in [3.8, 4) is 11.5 Å². The molecule has 2 aromatic carbocycles. The Bertz CT molecular complexity index is 1490. The van der Waals surface area contributed by atoms with Gasteiger partial charge in [-0.05, 0) is 100 Å². The van der Waals surface area contributed by atoms with Crippen molar-refractivity contribution in [2.24, 2.45) is 0 Å². The van der Waals surface area contributed by atoms with E-state index in [9.17, 15) is 10.2 Å². The van der Waals surface area contributed by atoms with Crippen LogP contribution in [-0.4, -0.2) is 33.6 Å². The van der Waals surface area contributed by atoms with Gasteiger partial charge in [-0.25, -0.2) is 0 Å². The maximum atomic E-state index is 10.1. The number of benzene rings is 2. The number of rotatable bonds is 5. The van der Waals surface area contributed by atoms with Crippen molar-refractivity contribution in [1.29, 1.82) is 0 Å². The molecule has 0 aromatic heterocycles. The van der Waals surface area contributed by atoms with Gasteiger partial charge in [-0.1, -0.05) is 37.6 Å². The number of nitrogens with zero attached hydrogens (tertiary/aromatic N) is 2. The second-order valence-corrected chi connectivity index (χ2v) is 12.2. The molecular formula is C34H40ClN2O2+. The Labute approximate surface area is 237 Å². The van der Waals surface area contributed by atoms with Gasteiger partial charge in [-0.3, -0.25) is 0 Å². The summed E-state index contributed by atoms with van der Waals surface area (Å²) in [7, 11) is 0. The average Bonchev–Trinajstić information content (AvgIpc) is 3.24. The highest BCUT2D eigenvalue weighted by Crippen LogP contribution is 2.49. The molecule has 2 heterocycles. The molecule has 0 radical (unpaired) electrons. The Morgan fingerprint density at radius 1 is 0.897 bits per heavy atom. The summed E-state index contributed by atoms with van der Waals surface area (Å²) in [4.78, 5) is 2.33. The molecule has 0 saturated heterocycles. The molecule has 0 spiro atoms. The quantitative estimate of drug-likeness (QED) is 0.372. The molecule has 0 fully saturated rings. The minimum Gasteiger partial charge on any atom is -0.508 e. The number of fused-ring (bicyclic) bond motifs is 2. The monoisotopic (exact) mass is 543 g/mol. The van der Waals surface area contributed by atoms with Gasteiger partial charge >= 0.3 is 0 Å². The maximum Gasteiger partial charge on any atom is 0.210 e. The van der Waals surface area contributed by atoms with Crippen LogP contribution in [-0.2, 0) is 10.8 Å². The molecule has 0 saturated carbocycles. The Morgan fingerprint density at radius 2 is 1.59 bits per heavy atom. The lowest BCUT2D eigenvalue weighted by Crippen LogP contribution is -2.27. The van der Waals surface area contributed by atoms with Crippen molar-refractivity contribution in [2.45, 2.75) is 71.6 Å². The Balaban J connectivity index is 1.49. The number of aromatic hydroxyl groups is 2. The lowest BCUT2D eigenvalue weighted by molar-refractivity contribution is -0.433. The zero-order valence-corrected chi connectivity index (χ0v) is 24.7. The minimum absolute atomic E-state index is 0.216. The molecule has 0 unspecified atom stereocenters. The molecular weight excluding hydrogens is 504 g/mol. The second kappa shape index (κ2) is 10.1. The molecule has 0 atom stereocenters. The van der Waals surface area contributed by atoms with Gasteiger partial charge in [0, 0.05) is 46.1 Å². The summed E-state index contributed by atoms with van der Waals surface area (Å²) in [6, 6.07) is 11.3. The fourth-order valence-electron chi connectivity index (χ4n) is 6.58. The molecule has 0 bridgehead atoms. The fourth-order valence-corrected chi connectivity index (χ4v) is 6.89. The van der Waals surface area contributed by atoms with Crippen LogP contribution in [0.1, 0.15) is 71.9 Å². The van der Waals surface area contributed by atoms with Gasteiger partial charge in [-0.2, -0.15) is 4.58 Å². The Kier molecular flexibility index (Phi) is 7.05. The first-order valence-corrected chi connectivity index (χ1v) is 14.5. The molecule has 5 heteroatoms. The first-order chi connectivity index (χ1) is 18.5. The van der Waals surface area contributed by atoms with Crippen LogP contribution in [0.4, 0.5) is 11.4 Å². The van der Waals surface area contributed by atoms with Crippen molar-refractivity contribution in [1.82, 2.24) is 0 Å². The van der Waals surface area contributed by atoms with Crippen LogP contribution in [0.5, 0.6) is 11.5 Å². The summed E-state index contributed by atoms with van der Waals surface area (Å²) in [5.74, 6) is 0.606. The van der Waals surface area contributed by atoms with Crippen molar-refractivity contribution < 1.29 is 14.8 Å². The van der Waals surface area contributed by atoms with E-state index in [4.69, 9.17) is 11.6 Å². The largest absolute Gasteiger partial charge is 0.508 e. The van der Waals surface area contributed by atoms with Gasteiger partial charge < -0.3 is 15.1 Å². The van der Waals surface area contributed by atoms with Crippen LogP contribution in [0, 0.1) is 0 Å². The van der Waals surface area contributed by atoms with Gasteiger partial charge in [-0.15, -0.1) is 0 Å². The Hall–Kier alpha value is -3.24. The SMILES string of the molecule is CCN1C(=CC=C2CCCC(C=CC3=[N+](CC)c4ccc(O)cc4C3(C)C)=C2Cl)C(C)(C)c2cc(O)ccc21. The van der Waals surface area contributed by atoms with E-state index in [0.29, 0.717) is 11.5 Å². The molecule has 0 amide bonds. The second-order valence-electron chi connectivity index (χ2n) is 11.8. The topological polar surface area (TPSA) is 46.7 Å². The molecule has 39 heavy (non-hydrogen) atoms. The number of likely N-dealkylation sites (N-methyl/N-ethyl adjacent to an activating group) is 1. The highest BCUT2D eigenvalue weighted by molar-refractivity contribution is 6.32. The molecule has 4 nitrogen and oxygen atoms in total. The van der Waals surface area contributed by atoms with E-state index in [1.54, 1.807) is 12.1 Å². The highest BCUT2D eigenvalue weighted by atomic mass is 35.5. The standard InChI is InChI=1S/C34H39ClN2O2/c1-7-36-28-16-14-24(38)20-26(28)33(3,4)30(36)18-12-22-10-9-11-23(32(22)35)13-19-31-34(5,6)27-21-25(39)15-17-29(27)37(31)8-2/h12-21H,7-11H2,1-6H3,(H-,38,39)/p+1. The number of hydrogen-bond donors (Lipinski definition) is 2. The third-order valence-corrected chi connectivity index (χ3v) is 9.21. The zero-order chi connectivity index (χ0) is 28.1. The molecule has 5 rings (SSSR count). The zero-order valence-electron chi connectivity index (χ0n) is 24.0. The summed E-state index contributed by atoms with van der Waals surface area (Å²) >= 11 is 7.05. The van der Waals surface area contributed by atoms with Gasteiger partial charge in [0.25, 0.3) is 0 Å². The van der Waals surface area contributed by atoms with Gasteiger partial charge in [0.1, 0.15) is 18.0 Å². The van der Waals surface area contributed by atoms with E-state index in [2.05, 4.69) is 75.3 Å². The molecule has 2 aromatic rings. The summed E-state index contributed by atoms with van der Waals surface area (Å²) in [5, 5.41) is 21.1. The maximum absolute atomic E-state index is 10.1. The van der Waals surface area contributed by atoms with Crippen LogP contribution in [0.3, 0.4) is 0 Å². The molecule has 1 aliphatic carbocycles. The number of anilines is 1. The van der Waals surface area contributed by atoms with Crippen molar-refractivity contribution in [2.75, 3.05) is 18.0 Å². The fraction of sp³-hybridized carbons (Fsp3) is 0.382. The van der Waals surface area contributed by atoms with Crippen molar-refractivity contribution >= 4 is 28.7 Å². The third-order valence-electron chi connectivity index (χ3n) is 8.72. The predicted molar refractivity (Wildman–Crippen MR) is 163 cm³/mol. The minimum atomic E-state index is -0.216. The smallest absolute Gasteiger partial charge is 0.210 e. The molecule has 3 aliphatic rings. The molecule has 204 valence electrons. The van der Waals surface area contributed by atoms with E-state index in [1.807, 2.05) is 24.3 Å². The summed E-state index contributed by atoms with van der Waals surface area (Å²) < 4.78 is 2.33. The van der Waals surface area contributed by atoms with E-state index >= 15 is 0 Å². The van der Waals surface area contributed by atoms with Crippen LogP contribution in [0.25, 0.3) is 0 Å². The van der Waals surface area contributed by atoms with Crippen molar-refractivity contribution in [3.63, 3.8) is 0 Å². The lowest BCUT2D eigenvalue weighted by atomic mass is 9.81. The summed E-state index contributed by atoms with van der Waals surface area (Å²) in [6.45, 7) is 14.9. The number of halogens is 1. The van der Waals surface area contributed by atoms with Crippen LogP contribution in [0.15, 0.2) is 82.6 Å². The number of allylic oxidation sites excluding steroid dienone is 8. The van der Waals surface area contributed by atoms with E-state index < -0.39 is 0 Å². The predicted octanol–water partition coefficient (Wildman–Crippen LogP) is 8.35. The molecule has 2 aliphatic heterocycles. The van der Waals surface area contributed by atoms with Crippen LogP contribution >= 0.6 is 11.6 Å². The number of phenolic OH excluding ortho intramolecular Hbond substituents is 2. The van der Waals surface area contributed by atoms with Gasteiger partial charge in [0.2, 0.25) is 5.69 Å². The van der Waals surface area contributed by atoms with Crippen LogP contribution < -0.4 is 4.90 Å². The van der Waals surface area contributed by atoms with Crippen molar-refractivity contribution in [3.05, 3.63) is 93.7 Å². The third kappa shape index (κ3) is 4.53. The normalized spacial score (nSPS) is 22.0. The van der Waals surface area contributed by atoms with E-state index in [0.717, 1.165) is 71.0 Å². The summed E-state index contributed by atoms with van der Waals surface area (Å²) in [5.41, 5.74) is 8.94. The highest BCUT2D eigenvalue weighted by Gasteiger charge is 2.44. The van der Waals surface area contributed by atoms with Gasteiger partial charge in [0.05, 0.1) is 5.41 Å². The molecule has 2 N–H and O–H groups in total. The number of phenols is 2. The van der Waals surface area contributed by atoms with E-state index in [1.165, 1.54) is 11.4 Å². The first kappa shape index (κ1) is 27.3. The Morgan fingerprint density at radius 3 is 2.28 bits per heavy atom.